The number of hydrogen-bond donors (Lipinski definition) is 1. The topological polar surface area (TPSA) is 126 Å². The van der Waals surface area contributed by atoms with Crippen LogP contribution in [0.4, 0.5) is 11.4 Å². The van der Waals surface area contributed by atoms with Crippen molar-refractivity contribution in [3.05, 3.63) is 76.4 Å². The number of benzene rings is 2. The fourth-order valence-corrected chi connectivity index (χ4v) is 3.73. The van der Waals surface area contributed by atoms with Gasteiger partial charge in [-0.15, -0.1) is 0 Å². The van der Waals surface area contributed by atoms with Gasteiger partial charge in [0.15, 0.2) is 0 Å². The fourth-order valence-electron chi connectivity index (χ4n) is 3.73. The molecule has 0 unspecified atom stereocenters. The molecule has 1 N–H and O–H groups in total. The lowest BCUT2D eigenvalue weighted by Crippen LogP contribution is -2.48. The molecule has 11 heteroatoms. The number of anilines is 1. The average Bonchev–Trinajstić information content (AvgIpc) is 3.37. The highest BCUT2D eigenvalue weighted by molar-refractivity contribution is 5.95. The molecule has 3 aromatic rings. The highest BCUT2D eigenvalue weighted by atomic mass is 16.6. The number of hydrogen-bond acceptors (Lipinski definition) is 7. The summed E-state index contributed by atoms with van der Waals surface area (Å²) in [5, 5.41) is 18.6. The number of amides is 2. The lowest BCUT2D eigenvalue weighted by Gasteiger charge is -2.35. The van der Waals surface area contributed by atoms with Crippen LogP contribution in [0, 0.1) is 10.1 Å². The summed E-state index contributed by atoms with van der Waals surface area (Å²) in [5.74, 6) is -0.407. The molecule has 170 valence electrons. The van der Waals surface area contributed by atoms with Crippen LogP contribution in [-0.4, -0.2) is 62.6 Å². The highest BCUT2D eigenvalue weighted by Gasteiger charge is 2.25. The summed E-state index contributed by atoms with van der Waals surface area (Å²) < 4.78 is 1.63. The van der Waals surface area contributed by atoms with Crippen molar-refractivity contribution in [1.82, 2.24) is 25.0 Å². The van der Waals surface area contributed by atoms with Gasteiger partial charge in [-0.2, -0.15) is 5.10 Å². The minimum absolute atomic E-state index is 0.01000. The molecule has 1 aromatic heterocycles. The Bertz CT molecular complexity index is 1150. The van der Waals surface area contributed by atoms with Crippen LogP contribution in [-0.2, 0) is 11.3 Å². The molecule has 2 amide bonds. The van der Waals surface area contributed by atoms with Gasteiger partial charge in [0.1, 0.15) is 18.3 Å². The van der Waals surface area contributed by atoms with E-state index in [-0.39, 0.29) is 23.7 Å². The van der Waals surface area contributed by atoms with Crippen molar-refractivity contribution < 1.29 is 14.5 Å². The van der Waals surface area contributed by atoms with Crippen molar-refractivity contribution >= 4 is 23.2 Å². The Morgan fingerprint density at radius 2 is 1.82 bits per heavy atom. The first kappa shape index (κ1) is 21.9. The molecule has 0 aliphatic carbocycles. The normalized spacial score (nSPS) is 13.6. The fraction of sp³-hybridized carbons (Fsp3) is 0.273. The predicted octanol–water partition coefficient (Wildman–Crippen LogP) is 1.77. The second-order valence-corrected chi connectivity index (χ2v) is 7.64. The van der Waals surface area contributed by atoms with E-state index < -0.39 is 10.8 Å². The van der Waals surface area contributed by atoms with E-state index in [0.29, 0.717) is 31.9 Å². The molecule has 2 aromatic carbocycles. The number of piperazine rings is 1. The molecule has 4 rings (SSSR count). The molecule has 2 heterocycles. The van der Waals surface area contributed by atoms with Crippen LogP contribution in [0.3, 0.4) is 0 Å². The van der Waals surface area contributed by atoms with Crippen molar-refractivity contribution in [3.63, 3.8) is 0 Å². The van der Waals surface area contributed by atoms with Crippen molar-refractivity contribution in [2.24, 2.45) is 0 Å². The molecule has 0 spiro atoms. The van der Waals surface area contributed by atoms with E-state index in [1.165, 1.54) is 19.3 Å². The van der Waals surface area contributed by atoms with Gasteiger partial charge >= 0.3 is 0 Å². The number of carbonyl (C=O) groups excluding carboxylic acids is 2. The summed E-state index contributed by atoms with van der Waals surface area (Å²) in [6.07, 6.45) is 3.04. The van der Waals surface area contributed by atoms with E-state index in [2.05, 4.69) is 15.4 Å². The van der Waals surface area contributed by atoms with E-state index >= 15 is 0 Å². The van der Waals surface area contributed by atoms with E-state index in [1.807, 2.05) is 29.2 Å². The molecular formula is C22H23N7O4. The third-order valence-electron chi connectivity index (χ3n) is 5.57. The maximum Gasteiger partial charge on any atom is 0.293 e. The minimum atomic E-state index is -0.480. The maximum absolute atomic E-state index is 12.6. The Balaban J connectivity index is 1.42. The predicted molar refractivity (Wildman–Crippen MR) is 120 cm³/mol. The number of nitro benzene ring substituents is 1. The minimum Gasteiger partial charge on any atom is -0.362 e. The summed E-state index contributed by atoms with van der Waals surface area (Å²) in [4.78, 5) is 42.9. The maximum atomic E-state index is 12.6. The average molecular weight is 449 g/mol. The van der Waals surface area contributed by atoms with Gasteiger partial charge in [0.2, 0.25) is 5.91 Å². The molecule has 1 fully saturated rings. The quantitative estimate of drug-likeness (QED) is 0.449. The third-order valence-corrected chi connectivity index (χ3v) is 5.57. The van der Waals surface area contributed by atoms with E-state index in [0.717, 1.165) is 11.3 Å². The number of carbonyl (C=O) groups is 2. The lowest BCUT2D eigenvalue weighted by atomic mass is 10.1. The zero-order valence-electron chi connectivity index (χ0n) is 18.0. The molecule has 1 aliphatic rings. The second kappa shape index (κ2) is 9.47. The molecule has 0 bridgehead atoms. The summed E-state index contributed by atoms with van der Waals surface area (Å²) in [6.45, 7) is 3.79. The number of nitrogens with zero attached hydrogens (tertiary/aromatic N) is 6. The summed E-state index contributed by atoms with van der Waals surface area (Å²) in [6, 6.07) is 11.9. The number of nitrogens with one attached hydrogen (secondary N) is 1. The first-order valence-electron chi connectivity index (χ1n) is 10.4. The van der Waals surface area contributed by atoms with Crippen molar-refractivity contribution in [3.8, 4) is 5.69 Å². The molecule has 0 radical (unpaired) electrons. The SMILES string of the molecule is CC(=O)N1CCN(c2ccc(C(=O)NCc3ccc(-n4cncn4)cc3)cc2[N+](=O)[O-])CC1. The standard InChI is InChI=1S/C22H23N7O4/c1-16(30)26-8-10-27(11-9-26)20-7-4-18(12-21(20)29(32)33)22(31)24-13-17-2-5-19(6-3-17)28-15-23-14-25-28/h2-7,12,14-15H,8-11,13H2,1H3,(H,24,31). The smallest absolute Gasteiger partial charge is 0.293 e. The Kier molecular flexibility index (Phi) is 6.29. The van der Waals surface area contributed by atoms with Crippen LogP contribution >= 0.6 is 0 Å². The molecule has 0 atom stereocenters. The van der Waals surface area contributed by atoms with Gasteiger partial charge in [0.05, 0.1) is 10.6 Å². The van der Waals surface area contributed by atoms with E-state index in [1.54, 1.807) is 28.0 Å². The van der Waals surface area contributed by atoms with Gasteiger partial charge in [0.25, 0.3) is 11.6 Å². The second-order valence-electron chi connectivity index (χ2n) is 7.64. The van der Waals surface area contributed by atoms with Crippen molar-refractivity contribution in [2.45, 2.75) is 13.5 Å². The van der Waals surface area contributed by atoms with Crippen LogP contribution < -0.4 is 10.2 Å². The Hall–Kier alpha value is -4.28. The first-order valence-corrected chi connectivity index (χ1v) is 10.4. The molecule has 33 heavy (non-hydrogen) atoms. The summed E-state index contributed by atoms with van der Waals surface area (Å²) in [7, 11) is 0. The van der Waals surface area contributed by atoms with Gasteiger partial charge in [-0.3, -0.25) is 19.7 Å². The Morgan fingerprint density at radius 3 is 2.42 bits per heavy atom. The number of nitro groups is 1. The van der Waals surface area contributed by atoms with Crippen LogP contribution in [0.5, 0.6) is 0 Å². The van der Waals surface area contributed by atoms with Crippen molar-refractivity contribution in [2.75, 3.05) is 31.1 Å². The molecular weight excluding hydrogens is 426 g/mol. The lowest BCUT2D eigenvalue weighted by molar-refractivity contribution is -0.384. The van der Waals surface area contributed by atoms with E-state index in [4.69, 9.17) is 0 Å². The molecule has 1 saturated heterocycles. The Morgan fingerprint density at radius 1 is 1.09 bits per heavy atom. The van der Waals surface area contributed by atoms with Gasteiger partial charge in [0, 0.05) is 51.3 Å². The summed E-state index contributed by atoms with van der Waals surface area (Å²) >= 11 is 0. The monoisotopic (exact) mass is 449 g/mol. The zero-order chi connectivity index (χ0) is 23.4. The third kappa shape index (κ3) is 4.97. The zero-order valence-corrected chi connectivity index (χ0v) is 18.0. The van der Waals surface area contributed by atoms with Gasteiger partial charge in [-0.25, -0.2) is 9.67 Å². The Labute approximate surface area is 189 Å². The van der Waals surface area contributed by atoms with Crippen LogP contribution in [0.2, 0.25) is 0 Å². The van der Waals surface area contributed by atoms with Gasteiger partial charge in [-0.05, 0) is 29.8 Å². The highest BCUT2D eigenvalue weighted by Crippen LogP contribution is 2.30. The summed E-state index contributed by atoms with van der Waals surface area (Å²) in [5.41, 5.74) is 2.26. The number of aromatic nitrogens is 3. The van der Waals surface area contributed by atoms with E-state index in [9.17, 15) is 19.7 Å². The van der Waals surface area contributed by atoms with Crippen LogP contribution in [0.25, 0.3) is 5.69 Å². The van der Waals surface area contributed by atoms with Crippen molar-refractivity contribution in [1.29, 1.82) is 0 Å². The number of rotatable bonds is 6. The largest absolute Gasteiger partial charge is 0.362 e. The van der Waals surface area contributed by atoms with Gasteiger partial charge in [-0.1, -0.05) is 12.1 Å². The first-order chi connectivity index (χ1) is 15.9. The molecule has 11 nitrogen and oxygen atoms in total. The molecule has 0 saturated carbocycles. The van der Waals surface area contributed by atoms with Crippen LogP contribution in [0.15, 0.2) is 55.1 Å². The van der Waals surface area contributed by atoms with Crippen LogP contribution in [0.1, 0.15) is 22.8 Å². The molecule has 1 aliphatic heterocycles. The van der Waals surface area contributed by atoms with Gasteiger partial charge < -0.3 is 15.1 Å².